The first kappa shape index (κ1) is 10.2. The van der Waals surface area contributed by atoms with Crippen molar-refractivity contribution in [1.29, 1.82) is 0 Å². The van der Waals surface area contributed by atoms with Crippen LogP contribution in [-0.4, -0.2) is 11.7 Å². The molecule has 3 N–H and O–H groups in total. The maximum Gasteiger partial charge on any atom is 0.0761 e. The molecule has 1 rings (SSSR count). The topological polar surface area (TPSA) is 46.2 Å². The second-order valence-electron chi connectivity index (χ2n) is 3.31. The maximum atomic E-state index is 9.27. The Bertz CT molecular complexity index is 241. The van der Waals surface area contributed by atoms with Crippen LogP contribution < -0.4 is 5.73 Å². The molecule has 0 amide bonds. The summed E-state index contributed by atoms with van der Waals surface area (Å²) in [5, 5.41) is 9.27. The van der Waals surface area contributed by atoms with E-state index in [-0.39, 0.29) is 6.10 Å². The van der Waals surface area contributed by atoms with Crippen LogP contribution in [0.4, 0.5) is 0 Å². The Kier molecular flexibility index (Phi) is 3.93. The van der Waals surface area contributed by atoms with Crippen LogP contribution >= 0.6 is 0 Å². The van der Waals surface area contributed by atoms with Crippen LogP contribution in [0.2, 0.25) is 0 Å². The van der Waals surface area contributed by atoms with Gasteiger partial charge in [-0.05, 0) is 37.4 Å². The van der Waals surface area contributed by atoms with Crippen molar-refractivity contribution >= 4 is 0 Å². The molecule has 0 saturated carbocycles. The summed E-state index contributed by atoms with van der Waals surface area (Å²) < 4.78 is 0. The van der Waals surface area contributed by atoms with E-state index in [1.165, 1.54) is 5.56 Å². The van der Waals surface area contributed by atoms with E-state index in [1.807, 2.05) is 12.1 Å². The van der Waals surface area contributed by atoms with Crippen molar-refractivity contribution < 1.29 is 5.11 Å². The summed E-state index contributed by atoms with van der Waals surface area (Å²) in [6.07, 6.45) is 1.67. The first-order valence-corrected chi connectivity index (χ1v) is 4.71. The number of nitrogens with two attached hydrogens (primary N) is 1. The molecule has 1 unspecified atom stereocenters. The molecule has 0 heterocycles. The third-order valence-corrected chi connectivity index (χ3v) is 2.13. The number of rotatable bonds is 4. The van der Waals surface area contributed by atoms with Crippen molar-refractivity contribution in [1.82, 2.24) is 0 Å². The highest BCUT2D eigenvalue weighted by molar-refractivity contribution is 5.23. The Balaban J connectivity index is 2.59. The highest BCUT2D eigenvalue weighted by Gasteiger charge is 1.99. The summed E-state index contributed by atoms with van der Waals surface area (Å²) in [5.74, 6) is 0. The molecule has 0 aromatic heterocycles. The second kappa shape index (κ2) is 5.00. The second-order valence-corrected chi connectivity index (χ2v) is 3.31. The van der Waals surface area contributed by atoms with Gasteiger partial charge in [-0.15, -0.1) is 0 Å². The fourth-order valence-electron chi connectivity index (χ4n) is 1.27. The largest absolute Gasteiger partial charge is 0.389 e. The standard InChI is InChI=1S/C11H17NO/c1-9(13)11-6-4-10(5-7-11)3-2-8-12/h4-7,9,13H,2-3,8,12H2,1H3. The van der Waals surface area contributed by atoms with E-state index in [1.54, 1.807) is 6.92 Å². The molecule has 0 bridgehead atoms. The van der Waals surface area contributed by atoms with Gasteiger partial charge in [-0.2, -0.15) is 0 Å². The number of aryl methyl sites for hydroxylation is 1. The predicted molar refractivity (Wildman–Crippen MR) is 54.5 cm³/mol. The van der Waals surface area contributed by atoms with E-state index in [0.717, 1.165) is 24.9 Å². The number of hydrogen-bond acceptors (Lipinski definition) is 2. The van der Waals surface area contributed by atoms with Gasteiger partial charge in [0.2, 0.25) is 0 Å². The minimum atomic E-state index is -0.372. The van der Waals surface area contributed by atoms with Crippen LogP contribution in [0.5, 0.6) is 0 Å². The number of aliphatic hydroxyl groups is 1. The molecule has 0 fully saturated rings. The fraction of sp³-hybridized carbons (Fsp3) is 0.455. The third-order valence-electron chi connectivity index (χ3n) is 2.13. The molecule has 2 nitrogen and oxygen atoms in total. The molecular formula is C11H17NO. The zero-order valence-electron chi connectivity index (χ0n) is 8.03. The van der Waals surface area contributed by atoms with E-state index >= 15 is 0 Å². The Morgan fingerprint density at radius 3 is 2.38 bits per heavy atom. The Morgan fingerprint density at radius 1 is 1.31 bits per heavy atom. The molecule has 0 aliphatic carbocycles. The van der Waals surface area contributed by atoms with Gasteiger partial charge in [0.25, 0.3) is 0 Å². The van der Waals surface area contributed by atoms with Crippen LogP contribution in [0.1, 0.15) is 30.6 Å². The van der Waals surface area contributed by atoms with E-state index in [9.17, 15) is 5.11 Å². The Hall–Kier alpha value is -0.860. The average molecular weight is 179 g/mol. The lowest BCUT2D eigenvalue weighted by Gasteiger charge is -2.05. The molecule has 0 saturated heterocycles. The van der Waals surface area contributed by atoms with Crippen molar-refractivity contribution in [2.24, 2.45) is 5.73 Å². The van der Waals surface area contributed by atoms with Gasteiger partial charge >= 0.3 is 0 Å². The normalized spacial score (nSPS) is 12.8. The van der Waals surface area contributed by atoms with Crippen LogP contribution in [0.3, 0.4) is 0 Å². The van der Waals surface area contributed by atoms with Crippen LogP contribution in [0, 0.1) is 0 Å². The molecule has 1 aromatic rings. The summed E-state index contributed by atoms with van der Waals surface area (Å²) in [7, 11) is 0. The number of benzene rings is 1. The predicted octanol–water partition coefficient (Wildman–Crippen LogP) is 1.63. The monoisotopic (exact) mass is 179 g/mol. The molecular weight excluding hydrogens is 162 g/mol. The van der Waals surface area contributed by atoms with E-state index in [2.05, 4.69) is 12.1 Å². The van der Waals surface area contributed by atoms with Gasteiger partial charge in [-0.25, -0.2) is 0 Å². The summed E-state index contributed by atoms with van der Waals surface area (Å²) >= 11 is 0. The molecule has 0 aliphatic rings. The quantitative estimate of drug-likeness (QED) is 0.738. The van der Waals surface area contributed by atoms with Crippen molar-refractivity contribution in [3.8, 4) is 0 Å². The van der Waals surface area contributed by atoms with Gasteiger partial charge in [0, 0.05) is 0 Å². The number of aliphatic hydroxyl groups excluding tert-OH is 1. The first-order chi connectivity index (χ1) is 6.24. The van der Waals surface area contributed by atoms with Gasteiger partial charge < -0.3 is 10.8 Å². The highest BCUT2D eigenvalue weighted by atomic mass is 16.3. The van der Waals surface area contributed by atoms with Gasteiger partial charge in [0.05, 0.1) is 6.10 Å². The molecule has 0 radical (unpaired) electrons. The number of hydrogen-bond donors (Lipinski definition) is 2. The minimum absolute atomic E-state index is 0.372. The molecule has 1 atom stereocenters. The van der Waals surface area contributed by atoms with E-state index < -0.39 is 0 Å². The van der Waals surface area contributed by atoms with Gasteiger partial charge in [-0.3, -0.25) is 0 Å². The first-order valence-electron chi connectivity index (χ1n) is 4.71. The van der Waals surface area contributed by atoms with E-state index in [0.29, 0.717) is 0 Å². The molecule has 2 heteroatoms. The fourth-order valence-corrected chi connectivity index (χ4v) is 1.27. The third kappa shape index (κ3) is 3.17. The maximum absolute atomic E-state index is 9.27. The van der Waals surface area contributed by atoms with Crippen LogP contribution in [-0.2, 0) is 6.42 Å². The smallest absolute Gasteiger partial charge is 0.0761 e. The lowest BCUT2D eigenvalue weighted by molar-refractivity contribution is 0.199. The van der Waals surface area contributed by atoms with Crippen molar-refractivity contribution in [2.45, 2.75) is 25.9 Å². The van der Waals surface area contributed by atoms with Crippen molar-refractivity contribution in [2.75, 3.05) is 6.54 Å². The van der Waals surface area contributed by atoms with Gasteiger partial charge in [0.15, 0.2) is 0 Å². The summed E-state index contributed by atoms with van der Waals surface area (Å²) in [6.45, 7) is 2.51. The summed E-state index contributed by atoms with van der Waals surface area (Å²) in [5.41, 5.74) is 7.67. The zero-order chi connectivity index (χ0) is 9.68. The molecule has 0 spiro atoms. The van der Waals surface area contributed by atoms with Crippen LogP contribution in [0.15, 0.2) is 24.3 Å². The summed E-state index contributed by atoms with van der Waals surface area (Å²) in [6, 6.07) is 8.04. The lowest BCUT2D eigenvalue weighted by Crippen LogP contribution is -2.00. The average Bonchev–Trinajstić information content (AvgIpc) is 2.15. The van der Waals surface area contributed by atoms with Crippen molar-refractivity contribution in [3.05, 3.63) is 35.4 Å². The Labute approximate surface area is 79.4 Å². The molecule has 13 heavy (non-hydrogen) atoms. The molecule has 1 aromatic carbocycles. The highest BCUT2D eigenvalue weighted by Crippen LogP contribution is 2.13. The SMILES string of the molecule is CC(O)c1ccc(CCCN)cc1. The minimum Gasteiger partial charge on any atom is -0.389 e. The van der Waals surface area contributed by atoms with Gasteiger partial charge in [-0.1, -0.05) is 24.3 Å². The lowest BCUT2D eigenvalue weighted by atomic mass is 10.1. The van der Waals surface area contributed by atoms with Crippen molar-refractivity contribution in [3.63, 3.8) is 0 Å². The Morgan fingerprint density at radius 2 is 1.92 bits per heavy atom. The zero-order valence-corrected chi connectivity index (χ0v) is 8.03. The molecule has 0 aliphatic heterocycles. The molecule has 72 valence electrons. The van der Waals surface area contributed by atoms with Crippen LogP contribution in [0.25, 0.3) is 0 Å². The summed E-state index contributed by atoms with van der Waals surface area (Å²) in [4.78, 5) is 0. The van der Waals surface area contributed by atoms with E-state index in [4.69, 9.17) is 5.73 Å². The van der Waals surface area contributed by atoms with Gasteiger partial charge in [0.1, 0.15) is 0 Å².